The van der Waals surface area contributed by atoms with Crippen molar-refractivity contribution in [2.24, 2.45) is 5.14 Å². The number of anilines is 1. The van der Waals surface area contributed by atoms with Crippen LogP contribution in [0, 0.1) is 0 Å². The molecule has 3 N–H and O–H groups in total. The molecule has 0 fully saturated rings. The van der Waals surface area contributed by atoms with E-state index >= 15 is 0 Å². The number of nitrogens with one attached hydrogen (secondary N) is 1. The highest BCUT2D eigenvalue weighted by atomic mass is 32.2. The summed E-state index contributed by atoms with van der Waals surface area (Å²) < 4.78 is 27.7. The predicted octanol–water partition coefficient (Wildman–Crippen LogP) is 1.62. The van der Waals surface area contributed by atoms with E-state index in [1.807, 2.05) is 19.1 Å². The minimum absolute atomic E-state index is 0.0550. The molecule has 1 atom stereocenters. The molecule has 0 spiro atoms. The minimum Gasteiger partial charge on any atom is -0.448 e. The zero-order valence-electron chi connectivity index (χ0n) is 14.1. The highest BCUT2D eigenvalue weighted by Gasteiger charge is 2.31. The number of carbonyl (C=O) groups is 2. The summed E-state index contributed by atoms with van der Waals surface area (Å²) in [6.07, 6.45) is 0.172. The second kappa shape index (κ2) is 6.89. The average Bonchev–Trinajstić information content (AvgIpc) is 2.60. The Morgan fingerprint density at radius 1 is 1.23 bits per heavy atom. The lowest BCUT2D eigenvalue weighted by Gasteiger charge is -2.24. The zero-order chi connectivity index (χ0) is 18.9. The number of carbonyl (C=O) groups excluding carboxylic acids is 2. The summed E-state index contributed by atoms with van der Waals surface area (Å²) in [5.41, 5.74) is 2.72. The van der Waals surface area contributed by atoms with E-state index in [4.69, 9.17) is 9.88 Å². The lowest BCUT2D eigenvalue weighted by Crippen LogP contribution is -2.38. The molecule has 0 saturated heterocycles. The molecular formula is C18H18N2O5S. The fourth-order valence-electron chi connectivity index (χ4n) is 2.77. The normalized spacial score (nSPS) is 16.5. The summed E-state index contributed by atoms with van der Waals surface area (Å²) in [5, 5.41) is 7.65. The van der Waals surface area contributed by atoms with Crippen molar-refractivity contribution in [3.05, 3.63) is 59.2 Å². The Morgan fingerprint density at radius 3 is 2.54 bits per heavy atom. The number of rotatable bonds is 4. The van der Waals surface area contributed by atoms with Gasteiger partial charge in [0.25, 0.3) is 5.91 Å². The molecular weight excluding hydrogens is 356 g/mol. The molecule has 1 unspecified atom stereocenters. The lowest BCUT2D eigenvalue weighted by atomic mass is 9.95. The van der Waals surface area contributed by atoms with Crippen LogP contribution in [0.15, 0.2) is 47.4 Å². The van der Waals surface area contributed by atoms with Gasteiger partial charge >= 0.3 is 5.97 Å². The van der Waals surface area contributed by atoms with Crippen LogP contribution >= 0.6 is 0 Å². The summed E-state index contributed by atoms with van der Waals surface area (Å²) in [6, 6.07) is 10.9. The predicted molar refractivity (Wildman–Crippen MR) is 95.2 cm³/mol. The molecule has 1 aliphatic heterocycles. The smallest absolute Gasteiger partial charge is 0.339 e. The van der Waals surface area contributed by atoms with Gasteiger partial charge in [0.15, 0.2) is 6.10 Å². The quantitative estimate of drug-likeness (QED) is 0.789. The monoisotopic (exact) mass is 374 g/mol. The summed E-state index contributed by atoms with van der Waals surface area (Å²) in [4.78, 5) is 24.5. The SMILES string of the molecule is CCc1ccc2c(c1)CC(C(=O)Nc1ccc(S(N)(=O)=O)cc1)OC2=O. The van der Waals surface area contributed by atoms with Crippen LogP contribution < -0.4 is 10.5 Å². The Bertz CT molecular complexity index is 968. The number of fused-ring (bicyclic) bond motifs is 1. The van der Waals surface area contributed by atoms with Crippen LogP contribution in [0.5, 0.6) is 0 Å². The molecule has 1 aliphatic rings. The Balaban J connectivity index is 1.75. The second-order valence-corrected chi connectivity index (χ2v) is 7.56. The van der Waals surface area contributed by atoms with Crippen molar-refractivity contribution in [2.75, 3.05) is 5.32 Å². The van der Waals surface area contributed by atoms with Gasteiger partial charge in [-0.25, -0.2) is 18.4 Å². The van der Waals surface area contributed by atoms with Crippen LogP contribution in [-0.2, 0) is 32.4 Å². The molecule has 0 aliphatic carbocycles. The number of hydrogen-bond donors (Lipinski definition) is 2. The van der Waals surface area contributed by atoms with E-state index in [-0.39, 0.29) is 11.3 Å². The van der Waals surface area contributed by atoms with E-state index in [0.717, 1.165) is 17.5 Å². The van der Waals surface area contributed by atoms with E-state index in [9.17, 15) is 18.0 Å². The Hall–Kier alpha value is -2.71. The Morgan fingerprint density at radius 2 is 1.92 bits per heavy atom. The van der Waals surface area contributed by atoms with Crippen molar-refractivity contribution in [2.45, 2.75) is 30.8 Å². The molecule has 2 aromatic carbocycles. The highest BCUT2D eigenvalue weighted by molar-refractivity contribution is 7.89. The minimum atomic E-state index is -3.80. The van der Waals surface area contributed by atoms with Gasteiger partial charge in [-0.2, -0.15) is 0 Å². The maximum Gasteiger partial charge on any atom is 0.339 e. The number of esters is 1. The third-order valence-corrected chi connectivity index (χ3v) is 5.12. The van der Waals surface area contributed by atoms with Crippen molar-refractivity contribution in [1.29, 1.82) is 0 Å². The van der Waals surface area contributed by atoms with E-state index in [2.05, 4.69) is 5.32 Å². The first-order chi connectivity index (χ1) is 12.3. The maximum atomic E-state index is 12.4. The highest BCUT2D eigenvalue weighted by Crippen LogP contribution is 2.23. The number of cyclic esters (lactones) is 1. The molecule has 0 bridgehead atoms. The summed E-state index contributed by atoms with van der Waals surface area (Å²) in [7, 11) is -3.80. The fourth-order valence-corrected chi connectivity index (χ4v) is 3.28. The standard InChI is InChI=1S/C18H18N2O5S/c1-2-11-3-8-15-12(9-11)10-16(25-18(15)22)17(21)20-13-4-6-14(7-5-13)26(19,23)24/h3-9,16H,2,10H2,1H3,(H,20,21)(H2,19,23,24). The van der Waals surface area contributed by atoms with Gasteiger partial charge in [0.2, 0.25) is 10.0 Å². The van der Waals surface area contributed by atoms with Crippen molar-refractivity contribution in [1.82, 2.24) is 0 Å². The Labute approximate surface area is 151 Å². The number of aryl methyl sites for hydroxylation is 1. The van der Waals surface area contributed by atoms with Crippen molar-refractivity contribution in [3.63, 3.8) is 0 Å². The van der Waals surface area contributed by atoms with E-state index in [1.54, 1.807) is 6.07 Å². The number of hydrogen-bond acceptors (Lipinski definition) is 5. The number of primary sulfonamides is 1. The van der Waals surface area contributed by atoms with E-state index in [0.29, 0.717) is 11.3 Å². The molecule has 0 saturated carbocycles. The summed E-state index contributed by atoms with van der Waals surface area (Å²) >= 11 is 0. The molecule has 0 aromatic heterocycles. The first kappa shape index (κ1) is 18.1. The number of amides is 1. The van der Waals surface area contributed by atoms with Gasteiger partial charge in [-0.05, 0) is 47.9 Å². The largest absolute Gasteiger partial charge is 0.448 e. The number of benzene rings is 2. The van der Waals surface area contributed by atoms with Crippen LogP contribution in [0.2, 0.25) is 0 Å². The molecule has 7 nitrogen and oxygen atoms in total. The maximum absolute atomic E-state index is 12.4. The molecule has 0 radical (unpaired) electrons. The van der Waals surface area contributed by atoms with Crippen LogP contribution in [-0.4, -0.2) is 26.4 Å². The van der Waals surface area contributed by atoms with Gasteiger partial charge in [-0.15, -0.1) is 0 Å². The van der Waals surface area contributed by atoms with Crippen LogP contribution in [0.25, 0.3) is 0 Å². The zero-order valence-corrected chi connectivity index (χ0v) is 14.9. The third kappa shape index (κ3) is 3.76. The second-order valence-electron chi connectivity index (χ2n) is 6.00. The van der Waals surface area contributed by atoms with Crippen molar-refractivity contribution >= 4 is 27.6 Å². The molecule has 26 heavy (non-hydrogen) atoms. The van der Waals surface area contributed by atoms with Gasteiger partial charge in [-0.3, -0.25) is 4.79 Å². The van der Waals surface area contributed by atoms with Gasteiger partial charge < -0.3 is 10.1 Å². The molecule has 1 amide bonds. The van der Waals surface area contributed by atoms with Crippen LogP contribution in [0.3, 0.4) is 0 Å². The number of nitrogens with two attached hydrogens (primary N) is 1. The van der Waals surface area contributed by atoms with E-state index < -0.39 is 28.0 Å². The number of sulfonamides is 1. The molecule has 3 rings (SSSR count). The van der Waals surface area contributed by atoms with Gasteiger partial charge in [0, 0.05) is 12.1 Å². The summed E-state index contributed by atoms with van der Waals surface area (Å²) in [5.74, 6) is -1.01. The van der Waals surface area contributed by atoms with Crippen LogP contribution in [0.1, 0.15) is 28.4 Å². The Kier molecular flexibility index (Phi) is 4.80. The third-order valence-electron chi connectivity index (χ3n) is 4.20. The van der Waals surface area contributed by atoms with E-state index in [1.165, 1.54) is 24.3 Å². The van der Waals surface area contributed by atoms with Crippen molar-refractivity contribution in [3.8, 4) is 0 Å². The average molecular weight is 374 g/mol. The first-order valence-corrected chi connectivity index (χ1v) is 9.59. The van der Waals surface area contributed by atoms with Gasteiger partial charge in [0.05, 0.1) is 10.5 Å². The molecule has 1 heterocycles. The molecule has 8 heteroatoms. The van der Waals surface area contributed by atoms with Crippen LogP contribution in [0.4, 0.5) is 5.69 Å². The summed E-state index contributed by atoms with van der Waals surface area (Å²) in [6.45, 7) is 2.01. The van der Waals surface area contributed by atoms with Gasteiger partial charge in [0.1, 0.15) is 0 Å². The van der Waals surface area contributed by atoms with Gasteiger partial charge in [-0.1, -0.05) is 19.1 Å². The fraction of sp³-hybridized carbons (Fsp3) is 0.222. The lowest BCUT2D eigenvalue weighted by molar-refractivity contribution is -0.125. The molecule has 2 aromatic rings. The topological polar surface area (TPSA) is 116 Å². The van der Waals surface area contributed by atoms with Crippen molar-refractivity contribution < 1.29 is 22.7 Å². The number of ether oxygens (including phenoxy) is 1. The molecule has 136 valence electrons. The first-order valence-electron chi connectivity index (χ1n) is 8.04.